The Bertz CT molecular complexity index is 2190. The lowest BCUT2D eigenvalue weighted by molar-refractivity contribution is 1.79. The molecule has 164 valence electrons. The van der Waals surface area contributed by atoms with Crippen LogP contribution in [0.15, 0.2) is 121 Å². The van der Waals surface area contributed by atoms with Crippen molar-refractivity contribution in [2.75, 3.05) is 0 Å². The molecule has 0 unspecified atom stereocenters. The summed E-state index contributed by atoms with van der Waals surface area (Å²) in [6, 6.07) is 45.4. The van der Waals surface area contributed by atoms with Gasteiger partial charge in [-0.15, -0.1) is 0 Å². The summed E-state index contributed by atoms with van der Waals surface area (Å²) in [5.41, 5.74) is 0. The van der Waals surface area contributed by atoms with Crippen molar-refractivity contribution >= 4 is 86.2 Å². The van der Waals surface area contributed by atoms with Gasteiger partial charge in [-0.05, 0) is 123 Å². The van der Waals surface area contributed by atoms with Gasteiger partial charge >= 0.3 is 0 Å². The van der Waals surface area contributed by atoms with E-state index in [1.165, 1.54) is 86.2 Å². The van der Waals surface area contributed by atoms with Crippen LogP contribution in [-0.4, -0.2) is 0 Å². The third-order valence-corrected chi connectivity index (χ3v) is 8.26. The molecule has 0 saturated heterocycles. The number of hydrogen-bond acceptors (Lipinski definition) is 0. The second-order valence-electron chi connectivity index (χ2n) is 10.1. The topological polar surface area (TPSA) is 0 Å². The summed E-state index contributed by atoms with van der Waals surface area (Å²) in [4.78, 5) is 0. The van der Waals surface area contributed by atoms with Gasteiger partial charge in [0.05, 0.1) is 0 Å². The molecule has 0 aliphatic carbocycles. The molecule has 0 heteroatoms. The van der Waals surface area contributed by atoms with Crippen molar-refractivity contribution in [2.45, 2.75) is 0 Å². The van der Waals surface area contributed by atoms with Crippen LogP contribution in [0.3, 0.4) is 0 Å². The molecule has 0 atom stereocenters. The summed E-state index contributed by atoms with van der Waals surface area (Å²) in [5.74, 6) is 0. The molecular formula is C36H20. The summed E-state index contributed by atoms with van der Waals surface area (Å²) >= 11 is 0. The van der Waals surface area contributed by atoms with Crippen LogP contribution in [0.1, 0.15) is 0 Å². The van der Waals surface area contributed by atoms with E-state index in [1.54, 1.807) is 0 Å². The first kappa shape index (κ1) is 18.6. The van der Waals surface area contributed by atoms with E-state index in [9.17, 15) is 0 Å². The van der Waals surface area contributed by atoms with Gasteiger partial charge in [0.15, 0.2) is 0 Å². The Morgan fingerprint density at radius 3 is 1.11 bits per heavy atom. The van der Waals surface area contributed by atoms with E-state index in [2.05, 4.69) is 121 Å². The van der Waals surface area contributed by atoms with Crippen LogP contribution < -0.4 is 0 Å². The van der Waals surface area contributed by atoms with Crippen LogP contribution in [0.2, 0.25) is 0 Å². The van der Waals surface area contributed by atoms with E-state index in [0.29, 0.717) is 0 Å². The van der Waals surface area contributed by atoms with Crippen molar-refractivity contribution in [3.05, 3.63) is 121 Å². The first-order chi connectivity index (χ1) is 17.8. The lowest BCUT2D eigenvalue weighted by atomic mass is 9.88. The Morgan fingerprint density at radius 1 is 0.222 bits per heavy atom. The molecular weight excluding hydrogens is 432 g/mol. The van der Waals surface area contributed by atoms with Crippen molar-refractivity contribution in [1.29, 1.82) is 0 Å². The van der Waals surface area contributed by atoms with Gasteiger partial charge in [0, 0.05) is 0 Å². The highest BCUT2D eigenvalue weighted by Gasteiger charge is 2.14. The quantitative estimate of drug-likeness (QED) is 0.159. The highest BCUT2D eigenvalue weighted by Crippen LogP contribution is 2.42. The Balaban J connectivity index is 1.54. The second kappa shape index (κ2) is 6.50. The van der Waals surface area contributed by atoms with Gasteiger partial charge in [0.2, 0.25) is 0 Å². The van der Waals surface area contributed by atoms with Gasteiger partial charge in [-0.1, -0.05) is 84.9 Å². The summed E-state index contributed by atoms with van der Waals surface area (Å²) in [6.45, 7) is 0. The zero-order chi connectivity index (χ0) is 23.4. The molecule has 9 aromatic rings. The van der Waals surface area contributed by atoms with E-state index in [4.69, 9.17) is 0 Å². The number of benzene rings is 9. The zero-order valence-electron chi connectivity index (χ0n) is 19.5. The van der Waals surface area contributed by atoms with E-state index in [1.807, 2.05) is 0 Å². The fourth-order valence-corrected chi connectivity index (χ4v) is 6.72. The minimum Gasteiger partial charge on any atom is -0.0616 e. The molecule has 0 heterocycles. The molecule has 0 nitrogen and oxygen atoms in total. The lowest BCUT2D eigenvalue weighted by Crippen LogP contribution is -1.88. The smallest absolute Gasteiger partial charge is 0.00259 e. The molecule has 0 spiro atoms. The number of hydrogen-bond donors (Lipinski definition) is 0. The third kappa shape index (κ3) is 2.29. The fraction of sp³-hybridized carbons (Fsp3) is 0. The molecule has 0 radical (unpaired) electrons. The monoisotopic (exact) mass is 452 g/mol. The van der Waals surface area contributed by atoms with Crippen LogP contribution in [0.5, 0.6) is 0 Å². The van der Waals surface area contributed by atoms with Gasteiger partial charge in [0.1, 0.15) is 0 Å². The maximum atomic E-state index is 2.43. The van der Waals surface area contributed by atoms with Crippen molar-refractivity contribution in [1.82, 2.24) is 0 Å². The Morgan fingerprint density at radius 2 is 0.611 bits per heavy atom. The summed E-state index contributed by atoms with van der Waals surface area (Å²) in [7, 11) is 0. The normalized spacial score (nSPS) is 12.4. The largest absolute Gasteiger partial charge is 0.0616 e. The average Bonchev–Trinajstić information content (AvgIpc) is 2.92. The van der Waals surface area contributed by atoms with Crippen molar-refractivity contribution < 1.29 is 0 Å². The van der Waals surface area contributed by atoms with Gasteiger partial charge in [-0.25, -0.2) is 0 Å². The Hall–Kier alpha value is -4.68. The maximum Gasteiger partial charge on any atom is -0.00259 e. The predicted octanol–water partition coefficient (Wildman–Crippen LogP) is 10.3. The Kier molecular flexibility index (Phi) is 3.36. The van der Waals surface area contributed by atoms with E-state index < -0.39 is 0 Å². The summed E-state index contributed by atoms with van der Waals surface area (Å²) in [6.07, 6.45) is 0. The first-order valence-electron chi connectivity index (χ1n) is 12.6. The molecule has 9 rings (SSSR count). The van der Waals surface area contributed by atoms with Crippen LogP contribution in [0, 0.1) is 0 Å². The molecule has 0 saturated carbocycles. The predicted molar refractivity (Wildman–Crippen MR) is 158 cm³/mol. The molecule has 0 amide bonds. The highest BCUT2D eigenvalue weighted by molar-refractivity contribution is 6.32. The minimum atomic E-state index is 1.30. The average molecular weight is 453 g/mol. The molecule has 0 fully saturated rings. The van der Waals surface area contributed by atoms with Gasteiger partial charge < -0.3 is 0 Å². The SMILES string of the molecule is c1ccc2c(c1)cc1cccc3c4cc5cc6c7ccccc7cc7cccc(c5cc4cc2c13)c76. The van der Waals surface area contributed by atoms with Gasteiger partial charge in [-0.3, -0.25) is 0 Å². The zero-order valence-corrected chi connectivity index (χ0v) is 19.5. The lowest BCUT2D eigenvalue weighted by Gasteiger charge is -2.16. The summed E-state index contributed by atoms with van der Waals surface area (Å²) < 4.78 is 0. The van der Waals surface area contributed by atoms with E-state index in [-0.39, 0.29) is 0 Å². The molecule has 0 bridgehead atoms. The van der Waals surface area contributed by atoms with Crippen molar-refractivity contribution in [3.63, 3.8) is 0 Å². The van der Waals surface area contributed by atoms with Crippen molar-refractivity contribution in [3.8, 4) is 0 Å². The third-order valence-electron chi connectivity index (χ3n) is 8.26. The van der Waals surface area contributed by atoms with Crippen molar-refractivity contribution in [2.24, 2.45) is 0 Å². The number of rotatable bonds is 0. The standard InChI is InChI=1S/C36H20/c1-3-11-27-21(7-1)15-23-9-5-13-29-31-18-26-20-34-28-12-4-2-8-22(28)16-24-10-6-14-30(36(24)34)32(26)17-25(31)19-33(27)35(23)29/h1-20H. The number of fused-ring (bicyclic) bond motifs is 8. The van der Waals surface area contributed by atoms with Crippen LogP contribution in [-0.2, 0) is 0 Å². The van der Waals surface area contributed by atoms with Crippen LogP contribution in [0.25, 0.3) is 86.2 Å². The Labute approximate surface area is 207 Å². The van der Waals surface area contributed by atoms with Gasteiger partial charge in [0.25, 0.3) is 0 Å². The first-order valence-corrected chi connectivity index (χ1v) is 12.6. The van der Waals surface area contributed by atoms with Crippen LogP contribution >= 0.6 is 0 Å². The molecule has 0 aliphatic heterocycles. The highest BCUT2D eigenvalue weighted by atomic mass is 14.2. The van der Waals surface area contributed by atoms with E-state index >= 15 is 0 Å². The van der Waals surface area contributed by atoms with Crippen LogP contribution in [0.4, 0.5) is 0 Å². The molecule has 36 heavy (non-hydrogen) atoms. The molecule has 0 aliphatic rings. The molecule has 0 N–H and O–H groups in total. The molecule has 0 aromatic heterocycles. The summed E-state index contributed by atoms with van der Waals surface area (Å²) in [5, 5.41) is 21.2. The maximum absolute atomic E-state index is 2.43. The minimum absolute atomic E-state index is 1.30. The second-order valence-corrected chi connectivity index (χ2v) is 10.1. The van der Waals surface area contributed by atoms with E-state index in [0.717, 1.165) is 0 Å². The fourth-order valence-electron chi connectivity index (χ4n) is 6.72. The van der Waals surface area contributed by atoms with Gasteiger partial charge in [-0.2, -0.15) is 0 Å². The molecule has 9 aromatic carbocycles.